The molecule has 2 N–H and O–H groups in total. The lowest BCUT2D eigenvalue weighted by Crippen LogP contribution is -2.42. The molecule has 1 saturated carbocycles. The molecule has 2 aliphatic carbocycles. The zero-order valence-corrected chi connectivity index (χ0v) is 19.4. The van der Waals surface area contributed by atoms with Crippen molar-refractivity contribution in [2.24, 2.45) is 17.1 Å². The van der Waals surface area contributed by atoms with Gasteiger partial charge in [0.25, 0.3) is 5.56 Å². The molecular formula is C23H29ClN6O3. The minimum Gasteiger partial charge on any atom is -0.465 e. The lowest BCUT2D eigenvalue weighted by molar-refractivity contribution is -0.144. The molecule has 2 aromatic rings. The predicted octanol–water partition coefficient (Wildman–Crippen LogP) is 2.82. The molecule has 176 valence electrons. The number of allylic oxidation sites excluding steroid dienone is 4. The molecule has 2 aromatic heterocycles. The van der Waals surface area contributed by atoms with Crippen molar-refractivity contribution < 1.29 is 9.53 Å². The highest BCUT2D eigenvalue weighted by atomic mass is 35.5. The number of carbonyl (C=O) groups excluding carboxylic acids is 1. The summed E-state index contributed by atoms with van der Waals surface area (Å²) in [6.45, 7) is 2.61. The van der Waals surface area contributed by atoms with Crippen LogP contribution < -0.4 is 11.3 Å². The van der Waals surface area contributed by atoms with Gasteiger partial charge in [0.1, 0.15) is 17.9 Å². The Balaban J connectivity index is 1.49. The van der Waals surface area contributed by atoms with Crippen molar-refractivity contribution in [3.8, 4) is 11.4 Å². The van der Waals surface area contributed by atoms with E-state index >= 15 is 0 Å². The van der Waals surface area contributed by atoms with Gasteiger partial charge >= 0.3 is 5.97 Å². The Morgan fingerprint density at radius 3 is 2.79 bits per heavy atom. The zero-order valence-electron chi connectivity index (χ0n) is 18.7. The van der Waals surface area contributed by atoms with Crippen LogP contribution in [-0.2, 0) is 16.1 Å². The fraction of sp³-hybridized carbons (Fsp3) is 0.522. The molecule has 1 fully saturated rings. The second-order valence-corrected chi connectivity index (χ2v) is 9.14. The second-order valence-electron chi connectivity index (χ2n) is 8.70. The molecule has 0 radical (unpaired) electrons. The van der Waals surface area contributed by atoms with Crippen molar-refractivity contribution in [1.82, 2.24) is 24.8 Å². The van der Waals surface area contributed by atoms with Gasteiger partial charge in [-0.05, 0) is 69.0 Å². The summed E-state index contributed by atoms with van der Waals surface area (Å²) in [5.41, 5.74) is 7.12. The predicted molar refractivity (Wildman–Crippen MR) is 124 cm³/mol. The van der Waals surface area contributed by atoms with E-state index in [1.165, 1.54) is 10.7 Å². The fourth-order valence-corrected chi connectivity index (χ4v) is 5.11. The number of aromatic nitrogens is 5. The number of carbonyl (C=O) groups is 1. The van der Waals surface area contributed by atoms with Crippen molar-refractivity contribution in [2.75, 3.05) is 13.2 Å². The van der Waals surface area contributed by atoms with Crippen LogP contribution in [0.15, 0.2) is 46.4 Å². The van der Waals surface area contributed by atoms with Crippen LogP contribution in [0.3, 0.4) is 0 Å². The molecule has 0 amide bonds. The lowest BCUT2D eigenvalue weighted by atomic mass is 9.63. The molecule has 0 aliphatic heterocycles. The van der Waals surface area contributed by atoms with Crippen LogP contribution in [0.25, 0.3) is 11.4 Å². The van der Waals surface area contributed by atoms with Crippen LogP contribution in [-0.4, -0.2) is 43.9 Å². The third kappa shape index (κ3) is 5.09. The summed E-state index contributed by atoms with van der Waals surface area (Å²) in [5, 5.41) is 13.4. The molecule has 33 heavy (non-hydrogen) atoms. The molecular weight excluding hydrogens is 444 g/mol. The number of ether oxygens (including phenoxy) is 1. The summed E-state index contributed by atoms with van der Waals surface area (Å²) in [6.07, 6.45) is 12.2. The summed E-state index contributed by atoms with van der Waals surface area (Å²) in [7, 11) is 0. The van der Waals surface area contributed by atoms with Crippen LogP contribution in [0.1, 0.15) is 45.1 Å². The van der Waals surface area contributed by atoms with Crippen LogP contribution in [0.5, 0.6) is 0 Å². The Kier molecular flexibility index (Phi) is 7.09. The first-order valence-corrected chi connectivity index (χ1v) is 11.7. The molecule has 0 aromatic carbocycles. The minimum atomic E-state index is -0.387. The Hall–Kier alpha value is -2.78. The van der Waals surface area contributed by atoms with Crippen molar-refractivity contribution in [3.05, 3.63) is 51.9 Å². The van der Waals surface area contributed by atoms with Gasteiger partial charge in [0.2, 0.25) is 0 Å². The highest BCUT2D eigenvalue weighted by Crippen LogP contribution is 2.48. The lowest BCUT2D eigenvalue weighted by Gasteiger charge is -2.44. The largest absolute Gasteiger partial charge is 0.465 e. The molecule has 0 bridgehead atoms. The maximum Gasteiger partial charge on any atom is 0.327 e. The molecule has 10 heteroatoms. The van der Waals surface area contributed by atoms with E-state index in [9.17, 15) is 9.59 Å². The van der Waals surface area contributed by atoms with Gasteiger partial charge < -0.3 is 10.5 Å². The van der Waals surface area contributed by atoms with Crippen LogP contribution in [0.4, 0.5) is 0 Å². The van der Waals surface area contributed by atoms with E-state index in [0.717, 1.165) is 37.1 Å². The highest BCUT2D eigenvalue weighted by molar-refractivity contribution is 6.31. The first-order chi connectivity index (χ1) is 15.9. The third-order valence-electron chi connectivity index (χ3n) is 6.74. The molecule has 0 saturated heterocycles. The monoisotopic (exact) mass is 472 g/mol. The third-order valence-corrected chi connectivity index (χ3v) is 6.99. The van der Waals surface area contributed by atoms with Gasteiger partial charge in [0, 0.05) is 11.1 Å². The summed E-state index contributed by atoms with van der Waals surface area (Å²) >= 11 is 6.26. The van der Waals surface area contributed by atoms with Gasteiger partial charge in [-0.1, -0.05) is 29.0 Å². The number of nitrogens with two attached hydrogens (primary N) is 1. The SMILES string of the molecule is CCOC(=O)Cn1cc(-c2ccc(=O)n(C3CCC(CN)(C4C=C(Cl)C=CC4)CC3)n2)nn1. The van der Waals surface area contributed by atoms with E-state index in [1.54, 1.807) is 23.9 Å². The van der Waals surface area contributed by atoms with Crippen molar-refractivity contribution in [3.63, 3.8) is 0 Å². The summed E-state index contributed by atoms with van der Waals surface area (Å²) in [4.78, 5) is 24.3. The second kappa shape index (κ2) is 10.0. The van der Waals surface area contributed by atoms with E-state index in [2.05, 4.69) is 27.6 Å². The molecule has 2 heterocycles. The molecule has 4 rings (SSSR count). The van der Waals surface area contributed by atoms with Gasteiger partial charge in [-0.2, -0.15) is 5.10 Å². The molecule has 1 unspecified atom stereocenters. The minimum absolute atomic E-state index is 0.00899. The van der Waals surface area contributed by atoms with Crippen LogP contribution in [0, 0.1) is 11.3 Å². The molecule has 0 spiro atoms. The molecule has 9 nitrogen and oxygen atoms in total. The maximum atomic E-state index is 12.6. The number of hydrogen-bond donors (Lipinski definition) is 1. The average Bonchev–Trinajstić information content (AvgIpc) is 3.28. The van der Waals surface area contributed by atoms with Crippen molar-refractivity contribution in [2.45, 2.75) is 51.6 Å². The van der Waals surface area contributed by atoms with Gasteiger partial charge in [-0.3, -0.25) is 9.59 Å². The van der Waals surface area contributed by atoms with Gasteiger partial charge in [0.15, 0.2) is 0 Å². The quantitative estimate of drug-likeness (QED) is 0.615. The number of hydrogen-bond acceptors (Lipinski definition) is 7. The van der Waals surface area contributed by atoms with Crippen molar-refractivity contribution >= 4 is 17.6 Å². The normalized spacial score (nSPS) is 25.0. The number of nitrogens with zero attached hydrogens (tertiary/aromatic N) is 5. The summed E-state index contributed by atoms with van der Waals surface area (Å²) in [5.74, 6) is -0.0755. The van der Waals surface area contributed by atoms with E-state index in [0.29, 0.717) is 30.5 Å². The van der Waals surface area contributed by atoms with Gasteiger partial charge in [0.05, 0.1) is 18.8 Å². The standard InChI is InChI=1S/C23H29ClN6O3/c1-2-33-22(32)14-29-13-20(26-28-29)19-6-7-21(31)30(27-19)18-8-10-23(15-25,11-9-18)16-4-3-5-17(24)12-16/h3,5-7,12-13,16,18H,2,4,8-11,14-15,25H2,1H3. The Morgan fingerprint density at radius 1 is 1.30 bits per heavy atom. The highest BCUT2D eigenvalue weighted by Gasteiger charge is 2.40. The Morgan fingerprint density at radius 2 is 2.09 bits per heavy atom. The van der Waals surface area contributed by atoms with Crippen LogP contribution in [0.2, 0.25) is 0 Å². The number of esters is 1. The Labute approximate surface area is 197 Å². The average molecular weight is 473 g/mol. The van der Waals surface area contributed by atoms with E-state index in [1.807, 2.05) is 6.08 Å². The number of rotatable bonds is 7. The van der Waals surface area contributed by atoms with E-state index < -0.39 is 0 Å². The summed E-state index contributed by atoms with van der Waals surface area (Å²) < 4.78 is 7.90. The zero-order chi connectivity index (χ0) is 23.4. The van der Waals surface area contributed by atoms with E-state index in [4.69, 9.17) is 22.1 Å². The smallest absolute Gasteiger partial charge is 0.327 e. The fourth-order valence-electron chi connectivity index (χ4n) is 4.87. The van der Waals surface area contributed by atoms with Crippen LogP contribution >= 0.6 is 11.6 Å². The molecule has 1 atom stereocenters. The summed E-state index contributed by atoms with van der Waals surface area (Å²) in [6, 6.07) is 3.13. The van der Waals surface area contributed by atoms with Gasteiger partial charge in [-0.25, -0.2) is 9.36 Å². The topological polar surface area (TPSA) is 118 Å². The maximum absolute atomic E-state index is 12.6. The first-order valence-electron chi connectivity index (χ1n) is 11.3. The number of halogens is 1. The Bertz CT molecular complexity index is 1110. The van der Waals surface area contributed by atoms with E-state index in [-0.39, 0.29) is 29.5 Å². The van der Waals surface area contributed by atoms with Crippen molar-refractivity contribution in [1.29, 1.82) is 0 Å². The molecule has 2 aliphatic rings. The first kappa shape index (κ1) is 23.4. The van der Waals surface area contributed by atoms with Gasteiger partial charge in [-0.15, -0.1) is 5.10 Å².